The first kappa shape index (κ1) is 18.4. The summed E-state index contributed by atoms with van der Waals surface area (Å²) in [5, 5.41) is 7.80. The largest absolute Gasteiger partial charge is 0.357 e. The molecule has 3 heterocycles. The topological polar surface area (TPSA) is 75.9 Å². The summed E-state index contributed by atoms with van der Waals surface area (Å²) in [6.07, 6.45) is 6.44. The molecule has 3 aromatic rings. The maximum absolute atomic E-state index is 12.7. The number of carbonyl (C=O) groups is 1. The summed E-state index contributed by atoms with van der Waals surface area (Å²) < 4.78 is 1.75. The van der Waals surface area contributed by atoms with Crippen molar-refractivity contribution in [1.29, 1.82) is 0 Å². The Morgan fingerprint density at radius 2 is 2.07 bits per heavy atom. The molecule has 2 aromatic heterocycles. The van der Waals surface area contributed by atoms with Gasteiger partial charge in [-0.3, -0.25) is 4.79 Å². The summed E-state index contributed by atoms with van der Waals surface area (Å²) in [7, 11) is 0. The highest BCUT2D eigenvalue weighted by Crippen LogP contribution is 2.24. The third-order valence-electron chi connectivity index (χ3n) is 4.91. The summed E-state index contributed by atoms with van der Waals surface area (Å²) >= 11 is 5.90. The first-order valence-corrected chi connectivity index (χ1v) is 9.64. The molecule has 7 nitrogen and oxygen atoms in total. The van der Waals surface area contributed by atoms with Gasteiger partial charge in [-0.1, -0.05) is 23.7 Å². The van der Waals surface area contributed by atoms with E-state index in [0.717, 1.165) is 43.0 Å². The minimum absolute atomic E-state index is 0.00233. The Balaban J connectivity index is 1.32. The molecule has 0 atom stereocenters. The monoisotopic (exact) mass is 396 g/mol. The van der Waals surface area contributed by atoms with Gasteiger partial charge < -0.3 is 10.2 Å². The zero-order chi connectivity index (χ0) is 19.3. The van der Waals surface area contributed by atoms with Gasteiger partial charge >= 0.3 is 0 Å². The number of amides is 1. The zero-order valence-corrected chi connectivity index (χ0v) is 16.1. The standard InChI is InChI=1S/C20H21ClN6O/c21-17-4-5-19(23-11-17)26-8-6-16(7-9-26)20(28)25-18-3-1-2-15(10-18)12-27-14-22-13-24-27/h1-5,10-11,13-14,16H,6-9,12H2,(H,25,28). The van der Waals surface area contributed by atoms with Crippen LogP contribution >= 0.6 is 11.6 Å². The molecule has 1 amide bonds. The number of rotatable bonds is 5. The van der Waals surface area contributed by atoms with Crippen LogP contribution < -0.4 is 10.2 Å². The summed E-state index contributed by atoms with van der Waals surface area (Å²) in [6, 6.07) is 11.6. The Morgan fingerprint density at radius 1 is 1.21 bits per heavy atom. The number of carbonyl (C=O) groups excluding carboxylic acids is 1. The molecule has 4 rings (SSSR count). The van der Waals surface area contributed by atoms with Crippen LogP contribution in [0.5, 0.6) is 0 Å². The predicted octanol–water partition coefficient (Wildman–Crippen LogP) is 3.23. The number of nitrogens with one attached hydrogen (secondary N) is 1. The third-order valence-corrected chi connectivity index (χ3v) is 5.13. The van der Waals surface area contributed by atoms with Gasteiger partial charge in [0, 0.05) is 30.9 Å². The van der Waals surface area contributed by atoms with Crippen molar-refractivity contribution >= 4 is 29.0 Å². The average Bonchev–Trinajstić information content (AvgIpc) is 3.22. The van der Waals surface area contributed by atoms with Crippen LogP contribution in [0.15, 0.2) is 55.2 Å². The van der Waals surface area contributed by atoms with Crippen LogP contribution in [0.3, 0.4) is 0 Å². The van der Waals surface area contributed by atoms with Crippen molar-refractivity contribution in [2.45, 2.75) is 19.4 Å². The molecule has 0 bridgehead atoms. The van der Waals surface area contributed by atoms with Crippen LogP contribution in [0.4, 0.5) is 11.5 Å². The molecule has 1 aromatic carbocycles. The second kappa shape index (κ2) is 8.39. The number of anilines is 2. The Kier molecular flexibility index (Phi) is 5.53. The number of halogens is 1. The van der Waals surface area contributed by atoms with Crippen LogP contribution in [0.2, 0.25) is 5.02 Å². The van der Waals surface area contributed by atoms with Crippen molar-refractivity contribution in [3.63, 3.8) is 0 Å². The van der Waals surface area contributed by atoms with E-state index in [2.05, 4.69) is 25.3 Å². The fourth-order valence-corrected chi connectivity index (χ4v) is 3.53. The van der Waals surface area contributed by atoms with Crippen molar-refractivity contribution < 1.29 is 4.79 Å². The Labute approximate surface area is 168 Å². The number of piperidine rings is 1. The zero-order valence-electron chi connectivity index (χ0n) is 15.3. The lowest BCUT2D eigenvalue weighted by Gasteiger charge is -2.32. The highest BCUT2D eigenvalue weighted by molar-refractivity contribution is 6.30. The molecule has 1 fully saturated rings. The number of hydrogen-bond donors (Lipinski definition) is 1. The van der Waals surface area contributed by atoms with Crippen molar-refractivity contribution in [1.82, 2.24) is 19.7 Å². The van der Waals surface area contributed by atoms with Crippen molar-refractivity contribution in [3.05, 3.63) is 65.8 Å². The molecular formula is C20H21ClN6O. The molecule has 0 saturated carbocycles. The third kappa shape index (κ3) is 4.48. The molecule has 1 aliphatic rings. The molecule has 8 heteroatoms. The van der Waals surface area contributed by atoms with E-state index in [1.807, 2.05) is 36.4 Å². The van der Waals surface area contributed by atoms with Gasteiger partial charge in [0.05, 0.1) is 11.6 Å². The molecule has 1 aliphatic heterocycles. The number of nitrogens with zero attached hydrogens (tertiary/aromatic N) is 5. The first-order chi connectivity index (χ1) is 13.7. The van der Waals surface area contributed by atoms with Gasteiger partial charge in [-0.15, -0.1) is 0 Å². The van der Waals surface area contributed by atoms with E-state index in [0.29, 0.717) is 11.6 Å². The Morgan fingerprint density at radius 3 is 2.79 bits per heavy atom. The van der Waals surface area contributed by atoms with Gasteiger partial charge in [0.2, 0.25) is 5.91 Å². The van der Waals surface area contributed by atoms with Crippen LogP contribution in [0, 0.1) is 5.92 Å². The van der Waals surface area contributed by atoms with Gasteiger partial charge in [0.25, 0.3) is 0 Å². The lowest BCUT2D eigenvalue weighted by Crippen LogP contribution is -2.38. The molecule has 0 radical (unpaired) electrons. The predicted molar refractivity (Wildman–Crippen MR) is 108 cm³/mol. The minimum Gasteiger partial charge on any atom is -0.357 e. The van der Waals surface area contributed by atoms with Gasteiger partial charge in [0.1, 0.15) is 18.5 Å². The maximum atomic E-state index is 12.7. The van der Waals surface area contributed by atoms with E-state index >= 15 is 0 Å². The first-order valence-electron chi connectivity index (χ1n) is 9.26. The lowest BCUT2D eigenvalue weighted by atomic mass is 9.95. The van der Waals surface area contributed by atoms with Gasteiger partial charge in [0.15, 0.2) is 0 Å². The molecule has 1 saturated heterocycles. The Bertz CT molecular complexity index is 920. The van der Waals surface area contributed by atoms with Crippen LogP contribution in [0.25, 0.3) is 0 Å². The molecule has 0 aliphatic carbocycles. The van der Waals surface area contributed by atoms with E-state index in [1.54, 1.807) is 17.2 Å². The summed E-state index contributed by atoms with van der Waals surface area (Å²) in [6.45, 7) is 2.23. The average molecular weight is 397 g/mol. The molecule has 1 N–H and O–H groups in total. The molecular weight excluding hydrogens is 376 g/mol. The number of benzene rings is 1. The van der Waals surface area contributed by atoms with Crippen LogP contribution in [-0.2, 0) is 11.3 Å². The fraction of sp³-hybridized carbons (Fsp3) is 0.300. The van der Waals surface area contributed by atoms with Gasteiger partial charge in [-0.25, -0.2) is 14.6 Å². The van der Waals surface area contributed by atoms with Crippen molar-refractivity contribution in [2.75, 3.05) is 23.3 Å². The van der Waals surface area contributed by atoms with Crippen molar-refractivity contribution in [2.24, 2.45) is 5.92 Å². The quantitative estimate of drug-likeness (QED) is 0.716. The SMILES string of the molecule is O=C(Nc1cccc(Cn2cncn2)c1)C1CCN(c2ccc(Cl)cn2)CC1. The molecule has 0 unspecified atom stereocenters. The molecule has 0 spiro atoms. The van der Waals surface area contributed by atoms with E-state index in [9.17, 15) is 4.79 Å². The smallest absolute Gasteiger partial charge is 0.227 e. The number of aromatic nitrogens is 4. The van der Waals surface area contributed by atoms with Gasteiger partial charge in [-0.05, 0) is 42.7 Å². The van der Waals surface area contributed by atoms with Crippen molar-refractivity contribution in [3.8, 4) is 0 Å². The highest BCUT2D eigenvalue weighted by atomic mass is 35.5. The van der Waals surface area contributed by atoms with E-state index < -0.39 is 0 Å². The van der Waals surface area contributed by atoms with E-state index in [1.165, 1.54) is 6.33 Å². The number of pyridine rings is 1. The lowest BCUT2D eigenvalue weighted by molar-refractivity contribution is -0.120. The Hall–Kier alpha value is -2.93. The number of hydrogen-bond acceptors (Lipinski definition) is 5. The molecule has 144 valence electrons. The summed E-state index contributed by atoms with van der Waals surface area (Å²) in [5.74, 6) is 0.980. The minimum atomic E-state index is 0.00233. The molecule has 28 heavy (non-hydrogen) atoms. The van der Waals surface area contributed by atoms with Gasteiger partial charge in [-0.2, -0.15) is 5.10 Å². The van der Waals surface area contributed by atoms with Crippen LogP contribution in [-0.4, -0.2) is 38.7 Å². The summed E-state index contributed by atoms with van der Waals surface area (Å²) in [5.41, 5.74) is 1.87. The van der Waals surface area contributed by atoms with E-state index in [-0.39, 0.29) is 11.8 Å². The fourth-order valence-electron chi connectivity index (χ4n) is 3.42. The maximum Gasteiger partial charge on any atom is 0.227 e. The normalized spacial score (nSPS) is 14.8. The second-order valence-corrected chi connectivity index (χ2v) is 7.32. The second-order valence-electron chi connectivity index (χ2n) is 6.88. The van der Waals surface area contributed by atoms with Crippen LogP contribution in [0.1, 0.15) is 18.4 Å². The van der Waals surface area contributed by atoms with E-state index in [4.69, 9.17) is 11.6 Å². The highest BCUT2D eigenvalue weighted by Gasteiger charge is 2.25. The summed E-state index contributed by atoms with van der Waals surface area (Å²) in [4.78, 5) is 23.2.